The maximum Gasteiger partial charge on any atom is 0.306 e. The van der Waals surface area contributed by atoms with Crippen molar-refractivity contribution in [3.05, 3.63) is 0 Å². The molecule has 0 aromatic carbocycles. The van der Waals surface area contributed by atoms with Crippen molar-refractivity contribution < 1.29 is 28.6 Å². The van der Waals surface area contributed by atoms with Crippen molar-refractivity contribution >= 4 is 17.9 Å². The van der Waals surface area contributed by atoms with Gasteiger partial charge < -0.3 is 14.2 Å². The molecular weight excluding hydrogens is 793 g/mol. The van der Waals surface area contributed by atoms with E-state index in [1.165, 1.54) is 212 Å². The molecule has 0 fully saturated rings. The average Bonchev–Trinajstić information content (AvgIpc) is 3.28. The van der Waals surface area contributed by atoms with Crippen LogP contribution < -0.4 is 0 Å². The summed E-state index contributed by atoms with van der Waals surface area (Å²) >= 11 is 0. The summed E-state index contributed by atoms with van der Waals surface area (Å²) < 4.78 is 16.8. The summed E-state index contributed by atoms with van der Waals surface area (Å²) in [4.78, 5) is 38.0. The van der Waals surface area contributed by atoms with Gasteiger partial charge in [-0.1, -0.05) is 285 Å². The van der Waals surface area contributed by atoms with Gasteiger partial charge >= 0.3 is 17.9 Å². The van der Waals surface area contributed by atoms with E-state index in [2.05, 4.69) is 34.6 Å². The predicted molar refractivity (Wildman–Crippen MR) is 275 cm³/mol. The van der Waals surface area contributed by atoms with Gasteiger partial charge in [-0.3, -0.25) is 14.4 Å². The van der Waals surface area contributed by atoms with Crippen LogP contribution in [0.3, 0.4) is 0 Å². The van der Waals surface area contributed by atoms with E-state index in [0.717, 1.165) is 69.6 Å². The van der Waals surface area contributed by atoms with Gasteiger partial charge in [-0.25, -0.2) is 0 Å². The largest absolute Gasteiger partial charge is 0.462 e. The van der Waals surface area contributed by atoms with Gasteiger partial charge in [0.1, 0.15) is 13.2 Å². The zero-order valence-corrected chi connectivity index (χ0v) is 43.9. The van der Waals surface area contributed by atoms with Crippen molar-refractivity contribution in [2.24, 2.45) is 11.8 Å². The standard InChI is InChI=1S/C58H112O6/c1-6-8-9-10-11-12-13-14-19-23-26-29-32-38-43-48-56(59)62-51-55(52-63-57(60)49-44-39-35-34-36-41-46-53(3)4)64-58(61)50-45-40-33-30-27-24-21-18-16-15-17-20-22-25-28-31-37-42-47-54(5)7-2/h53-55H,6-52H2,1-5H3/t54?,55-/m1/s1. The van der Waals surface area contributed by atoms with Crippen LogP contribution in [0.2, 0.25) is 0 Å². The highest BCUT2D eigenvalue weighted by Crippen LogP contribution is 2.19. The van der Waals surface area contributed by atoms with Gasteiger partial charge in [0.2, 0.25) is 0 Å². The predicted octanol–water partition coefficient (Wildman–Crippen LogP) is 18.9. The lowest BCUT2D eigenvalue weighted by atomic mass is 9.99. The van der Waals surface area contributed by atoms with Crippen LogP contribution in [0.15, 0.2) is 0 Å². The van der Waals surface area contributed by atoms with Crippen LogP contribution in [0, 0.1) is 11.8 Å². The van der Waals surface area contributed by atoms with Crippen LogP contribution in [-0.4, -0.2) is 37.2 Å². The molecule has 2 atom stereocenters. The van der Waals surface area contributed by atoms with Crippen molar-refractivity contribution in [3.8, 4) is 0 Å². The van der Waals surface area contributed by atoms with Gasteiger partial charge in [0, 0.05) is 19.3 Å². The summed E-state index contributed by atoms with van der Waals surface area (Å²) in [6.07, 6.45) is 53.9. The Labute approximate surface area is 399 Å². The van der Waals surface area contributed by atoms with E-state index in [9.17, 15) is 14.4 Å². The van der Waals surface area contributed by atoms with Gasteiger partial charge in [0.05, 0.1) is 0 Å². The van der Waals surface area contributed by atoms with E-state index >= 15 is 0 Å². The Bertz CT molecular complexity index is 980. The number of rotatable bonds is 52. The maximum atomic E-state index is 12.8. The molecule has 0 spiro atoms. The minimum absolute atomic E-state index is 0.0637. The fourth-order valence-electron chi connectivity index (χ4n) is 8.84. The Balaban J connectivity index is 4.19. The Kier molecular flexibility index (Phi) is 49.6. The Morgan fingerprint density at radius 2 is 0.594 bits per heavy atom. The molecule has 0 aromatic heterocycles. The molecule has 0 bridgehead atoms. The van der Waals surface area contributed by atoms with E-state index < -0.39 is 6.10 Å². The van der Waals surface area contributed by atoms with Crippen molar-refractivity contribution in [2.75, 3.05) is 13.2 Å². The van der Waals surface area contributed by atoms with Crippen molar-refractivity contribution in [1.29, 1.82) is 0 Å². The van der Waals surface area contributed by atoms with E-state index in [1.54, 1.807) is 0 Å². The van der Waals surface area contributed by atoms with Crippen LogP contribution in [-0.2, 0) is 28.6 Å². The maximum absolute atomic E-state index is 12.8. The van der Waals surface area contributed by atoms with Crippen molar-refractivity contribution in [3.63, 3.8) is 0 Å². The molecule has 1 unspecified atom stereocenters. The van der Waals surface area contributed by atoms with E-state index in [0.29, 0.717) is 19.3 Å². The summed E-state index contributed by atoms with van der Waals surface area (Å²) in [6.45, 7) is 11.4. The Hall–Kier alpha value is -1.59. The fourth-order valence-corrected chi connectivity index (χ4v) is 8.84. The Morgan fingerprint density at radius 1 is 0.328 bits per heavy atom. The van der Waals surface area contributed by atoms with Gasteiger partial charge in [0.25, 0.3) is 0 Å². The summed E-state index contributed by atoms with van der Waals surface area (Å²) in [5.41, 5.74) is 0. The lowest BCUT2D eigenvalue weighted by Crippen LogP contribution is -2.30. The summed E-state index contributed by atoms with van der Waals surface area (Å²) in [7, 11) is 0. The number of carbonyl (C=O) groups excluding carboxylic acids is 3. The van der Waals surface area contributed by atoms with Crippen LogP contribution >= 0.6 is 0 Å². The molecule has 0 heterocycles. The lowest BCUT2D eigenvalue weighted by Gasteiger charge is -2.18. The van der Waals surface area contributed by atoms with Gasteiger partial charge in [-0.05, 0) is 31.1 Å². The van der Waals surface area contributed by atoms with E-state index in [1.807, 2.05) is 0 Å². The van der Waals surface area contributed by atoms with E-state index in [-0.39, 0.29) is 31.1 Å². The van der Waals surface area contributed by atoms with Crippen LogP contribution in [0.1, 0.15) is 324 Å². The molecule has 0 radical (unpaired) electrons. The molecule has 6 heteroatoms. The normalized spacial score (nSPS) is 12.5. The number of carbonyl (C=O) groups is 3. The third kappa shape index (κ3) is 49.8. The zero-order valence-electron chi connectivity index (χ0n) is 43.9. The van der Waals surface area contributed by atoms with Crippen molar-refractivity contribution in [1.82, 2.24) is 0 Å². The molecule has 0 aliphatic heterocycles. The fraction of sp³-hybridized carbons (Fsp3) is 0.948. The highest BCUT2D eigenvalue weighted by atomic mass is 16.6. The average molecular weight is 906 g/mol. The van der Waals surface area contributed by atoms with Crippen LogP contribution in [0.4, 0.5) is 0 Å². The minimum atomic E-state index is -0.763. The van der Waals surface area contributed by atoms with Gasteiger partial charge in [0.15, 0.2) is 6.10 Å². The molecule has 0 aromatic rings. The van der Waals surface area contributed by atoms with Crippen LogP contribution in [0.25, 0.3) is 0 Å². The second kappa shape index (κ2) is 50.8. The van der Waals surface area contributed by atoms with Crippen LogP contribution in [0.5, 0.6) is 0 Å². The van der Waals surface area contributed by atoms with Gasteiger partial charge in [-0.15, -0.1) is 0 Å². The van der Waals surface area contributed by atoms with Gasteiger partial charge in [-0.2, -0.15) is 0 Å². The molecule has 0 saturated heterocycles. The number of hydrogen-bond acceptors (Lipinski definition) is 6. The molecule has 0 aliphatic rings. The molecular formula is C58H112O6. The monoisotopic (exact) mass is 905 g/mol. The molecule has 0 rings (SSSR count). The number of unbranched alkanes of at least 4 members (excludes halogenated alkanes) is 36. The first-order chi connectivity index (χ1) is 31.3. The topological polar surface area (TPSA) is 78.9 Å². The summed E-state index contributed by atoms with van der Waals surface area (Å²) in [6, 6.07) is 0. The number of hydrogen-bond donors (Lipinski definition) is 0. The summed E-state index contributed by atoms with van der Waals surface area (Å²) in [5, 5.41) is 0. The molecule has 0 amide bonds. The Morgan fingerprint density at radius 3 is 0.891 bits per heavy atom. The smallest absolute Gasteiger partial charge is 0.306 e. The second-order valence-electron chi connectivity index (χ2n) is 20.6. The molecule has 0 N–H and O–H groups in total. The number of ether oxygens (including phenoxy) is 3. The first-order valence-electron chi connectivity index (χ1n) is 28.8. The van der Waals surface area contributed by atoms with Crippen molar-refractivity contribution in [2.45, 2.75) is 330 Å². The molecule has 380 valence electrons. The number of esters is 3. The molecule has 6 nitrogen and oxygen atoms in total. The first-order valence-corrected chi connectivity index (χ1v) is 28.8. The lowest BCUT2D eigenvalue weighted by molar-refractivity contribution is -0.167. The quantitative estimate of drug-likeness (QED) is 0.0344. The first kappa shape index (κ1) is 62.4. The molecule has 0 aliphatic carbocycles. The molecule has 64 heavy (non-hydrogen) atoms. The highest BCUT2D eigenvalue weighted by Gasteiger charge is 2.19. The molecule has 0 saturated carbocycles. The van der Waals surface area contributed by atoms with E-state index in [4.69, 9.17) is 14.2 Å². The SMILES string of the molecule is CCCCCCCCCCCCCCCCCC(=O)OC[C@H](COC(=O)CCCCCCCCC(C)C)OC(=O)CCCCCCCCCCCCCCCCCCCCC(C)CC. The second-order valence-corrected chi connectivity index (χ2v) is 20.6. The zero-order chi connectivity index (χ0) is 46.8. The summed E-state index contributed by atoms with van der Waals surface area (Å²) in [5.74, 6) is 0.826. The third-order valence-corrected chi connectivity index (χ3v) is 13.6. The third-order valence-electron chi connectivity index (χ3n) is 13.6. The highest BCUT2D eigenvalue weighted by molar-refractivity contribution is 5.71. The minimum Gasteiger partial charge on any atom is -0.462 e.